The molecule has 0 N–H and O–H groups in total. The van der Waals surface area contributed by atoms with Gasteiger partial charge in [-0.05, 0) is 68.7 Å². The van der Waals surface area contributed by atoms with Gasteiger partial charge in [-0.2, -0.15) is 0 Å². The van der Waals surface area contributed by atoms with Gasteiger partial charge in [0, 0.05) is 22.9 Å². The van der Waals surface area contributed by atoms with E-state index in [1.807, 2.05) is 0 Å². The molecule has 0 aromatic heterocycles. The number of hydrogen-bond donors (Lipinski definition) is 0. The lowest BCUT2D eigenvalue weighted by atomic mass is 9.96. The van der Waals surface area contributed by atoms with Crippen LogP contribution in [0.4, 0.5) is 5.69 Å². The highest BCUT2D eigenvalue weighted by atomic mass is 33.1. The number of hydrogen-bond acceptors (Lipinski definition) is 11. The molecule has 3 aromatic carbocycles. The lowest BCUT2D eigenvalue weighted by molar-refractivity contribution is -0.384. The lowest BCUT2D eigenvalue weighted by Crippen LogP contribution is -2.75. The Hall–Kier alpha value is -5.09. The minimum atomic E-state index is -4.20. The van der Waals surface area contributed by atoms with Gasteiger partial charge >= 0.3 is 5.97 Å². The van der Waals surface area contributed by atoms with E-state index in [2.05, 4.69) is 11.9 Å². The monoisotopic (exact) mass is 707 g/mol. The molecule has 2 aliphatic heterocycles. The number of carbonyl (C=O) groups is 3. The number of ether oxygens (including phenoxy) is 1. The van der Waals surface area contributed by atoms with Crippen molar-refractivity contribution in [3.8, 4) is 0 Å². The van der Waals surface area contributed by atoms with Crippen LogP contribution in [0.1, 0.15) is 43.5 Å². The summed E-state index contributed by atoms with van der Waals surface area (Å²) in [7, 11) is -3.81. The Bertz CT molecular complexity index is 1920. The van der Waals surface area contributed by atoms with Crippen LogP contribution in [-0.2, 0) is 34.6 Å². The van der Waals surface area contributed by atoms with E-state index in [1.54, 1.807) is 49.4 Å². The van der Waals surface area contributed by atoms with Crippen molar-refractivity contribution in [2.45, 2.75) is 68.4 Å². The maximum atomic E-state index is 14.2. The number of nitro benzene ring substituents is 1. The van der Waals surface area contributed by atoms with Gasteiger partial charge in [0.15, 0.2) is 12.1 Å². The number of rotatable bonds is 12. The van der Waals surface area contributed by atoms with E-state index in [0.717, 1.165) is 20.4 Å². The van der Waals surface area contributed by atoms with E-state index in [-0.39, 0.29) is 22.8 Å². The number of nitro groups is 1. The number of benzene rings is 3. The molecule has 5 rings (SSSR count). The lowest BCUT2D eigenvalue weighted by Gasteiger charge is -2.54. The van der Waals surface area contributed by atoms with Crippen LogP contribution in [-0.4, -0.2) is 69.1 Å². The van der Waals surface area contributed by atoms with Crippen LogP contribution >= 0.6 is 10.8 Å². The predicted molar refractivity (Wildman–Crippen MR) is 180 cm³/mol. The van der Waals surface area contributed by atoms with Crippen molar-refractivity contribution in [2.75, 3.05) is 0 Å². The second-order valence-corrected chi connectivity index (χ2v) is 16.1. The van der Waals surface area contributed by atoms with Crippen LogP contribution in [0.15, 0.2) is 101 Å². The van der Waals surface area contributed by atoms with E-state index in [4.69, 9.17) is 4.74 Å². The number of carbonyl (C=O) groups excluding carboxylic acids is 3. The molecule has 49 heavy (non-hydrogen) atoms. The molecule has 2 aliphatic rings. The van der Waals surface area contributed by atoms with Crippen LogP contribution in [0.2, 0.25) is 0 Å². The van der Waals surface area contributed by atoms with Crippen molar-refractivity contribution >= 4 is 43.1 Å². The maximum absolute atomic E-state index is 14.2. The second-order valence-electron chi connectivity index (χ2n) is 12.2. The number of aryl methyl sites for hydroxylation is 1. The van der Waals surface area contributed by atoms with Crippen LogP contribution in [0.3, 0.4) is 0 Å². The first-order chi connectivity index (χ1) is 23.1. The predicted octanol–water partition coefficient (Wildman–Crippen LogP) is 4.85. The first-order valence-corrected chi connectivity index (χ1v) is 17.9. The number of nitroso groups, excluding NO2 is 1. The standard InChI is InChI=1S/C33H33N5O9S2/c1-20(2)26(32(41)47-19-22-13-15-24(16-14-22)38(43)44)35-29(39)28(31(35)48-49(45,46)25-17-11-21(3)12-18-25)36-30(40)27(23-9-7-6-8-10-23)37(34-42)33(36,4)5/h6-18,26-28,31H,1,19H2,2-5H3. The van der Waals surface area contributed by atoms with E-state index < -0.39 is 60.7 Å². The topological polar surface area (TPSA) is 177 Å². The fourth-order valence-electron chi connectivity index (χ4n) is 5.95. The number of nitrogens with zero attached hydrogens (tertiary/aromatic N) is 5. The number of non-ortho nitro benzene ring substituents is 1. The molecule has 16 heteroatoms. The Morgan fingerprint density at radius 1 is 1.04 bits per heavy atom. The normalized spacial score (nSPS) is 20.8. The summed E-state index contributed by atoms with van der Waals surface area (Å²) in [5, 5.41) is 13.8. The SMILES string of the molecule is C=C(C)C(C(=O)OCc1ccc([N+](=O)[O-])cc1)N1C(=O)C(N2C(=O)C(c3ccccc3)N(N=O)C2(C)C)C1SS(=O)(=O)c1ccc(C)cc1. The van der Waals surface area contributed by atoms with Crippen LogP contribution in [0.5, 0.6) is 0 Å². The van der Waals surface area contributed by atoms with Gasteiger partial charge in [-0.3, -0.25) is 19.7 Å². The fourth-order valence-corrected chi connectivity index (χ4v) is 9.49. The van der Waals surface area contributed by atoms with Crippen LogP contribution in [0, 0.1) is 21.9 Å². The first kappa shape index (κ1) is 35.2. The Balaban J connectivity index is 1.52. The molecule has 0 bridgehead atoms. The van der Waals surface area contributed by atoms with Gasteiger partial charge in [-0.1, -0.05) is 54.6 Å². The summed E-state index contributed by atoms with van der Waals surface area (Å²) in [5.74, 6) is -2.35. The first-order valence-electron chi connectivity index (χ1n) is 15.0. The number of amides is 2. The maximum Gasteiger partial charge on any atom is 0.333 e. The van der Waals surface area contributed by atoms with Gasteiger partial charge in [-0.15, -0.1) is 4.91 Å². The average Bonchev–Trinajstić information content (AvgIpc) is 3.26. The highest BCUT2D eigenvalue weighted by Crippen LogP contribution is 2.49. The van der Waals surface area contributed by atoms with Gasteiger partial charge in [0.05, 0.1) is 15.1 Å². The van der Waals surface area contributed by atoms with Crippen molar-refractivity contribution in [1.82, 2.24) is 14.8 Å². The minimum Gasteiger partial charge on any atom is -0.459 e. The molecule has 0 spiro atoms. The van der Waals surface area contributed by atoms with E-state index in [9.17, 15) is 37.8 Å². The molecule has 4 atom stereocenters. The van der Waals surface area contributed by atoms with Crippen molar-refractivity contribution in [1.29, 1.82) is 0 Å². The molecule has 0 radical (unpaired) electrons. The molecule has 3 aromatic rings. The van der Waals surface area contributed by atoms with Crippen molar-refractivity contribution < 1.29 is 32.5 Å². The number of esters is 1. The molecule has 2 amide bonds. The summed E-state index contributed by atoms with van der Waals surface area (Å²) in [5.41, 5.74) is 0.199. The van der Waals surface area contributed by atoms with Crippen LogP contribution < -0.4 is 0 Å². The van der Waals surface area contributed by atoms with E-state index in [1.165, 1.54) is 57.2 Å². The van der Waals surface area contributed by atoms with E-state index >= 15 is 0 Å². The third-order valence-electron chi connectivity index (χ3n) is 8.43. The van der Waals surface area contributed by atoms with Gasteiger partial charge in [0.1, 0.15) is 23.7 Å². The van der Waals surface area contributed by atoms with E-state index in [0.29, 0.717) is 21.9 Å². The zero-order valence-corrected chi connectivity index (χ0v) is 28.6. The van der Waals surface area contributed by atoms with Gasteiger partial charge in [-0.25, -0.2) is 18.2 Å². The van der Waals surface area contributed by atoms with Crippen molar-refractivity contribution in [2.24, 2.45) is 5.29 Å². The summed E-state index contributed by atoms with van der Waals surface area (Å²) in [6, 6.07) is 15.7. The molecule has 4 unspecified atom stereocenters. The molecule has 2 saturated heterocycles. The van der Waals surface area contributed by atoms with Gasteiger partial charge in [0.25, 0.3) is 17.5 Å². The smallest absolute Gasteiger partial charge is 0.333 e. The fraction of sp³-hybridized carbons (Fsp3) is 0.303. The molecule has 2 fully saturated rings. The Kier molecular flexibility index (Phi) is 9.65. The minimum absolute atomic E-state index is 0.0564. The third kappa shape index (κ3) is 6.53. The molecule has 2 heterocycles. The van der Waals surface area contributed by atoms with Crippen LogP contribution in [0.25, 0.3) is 0 Å². The zero-order chi connectivity index (χ0) is 35.8. The van der Waals surface area contributed by atoms with Crippen molar-refractivity contribution in [3.05, 3.63) is 123 Å². The molecular formula is C33H33N5O9S2. The summed E-state index contributed by atoms with van der Waals surface area (Å²) >= 11 is 0. The zero-order valence-electron chi connectivity index (χ0n) is 27.0. The van der Waals surface area contributed by atoms with Gasteiger partial charge in [0.2, 0.25) is 8.87 Å². The second kappa shape index (κ2) is 13.4. The highest BCUT2D eigenvalue weighted by molar-refractivity contribution is 8.72. The summed E-state index contributed by atoms with van der Waals surface area (Å²) in [6.45, 7) is 9.88. The number of likely N-dealkylation sites (tertiary alicyclic amines) is 1. The van der Waals surface area contributed by atoms with Crippen molar-refractivity contribution in [3.63, 3.8) is 0 Å². The third-order valence-corrected chi connectivity index (χ3v) is 12.1. The molecule has 256 valence electrons. The Morgan fingerprint density at radius 2 is 1.65 bits per heavy atom. The Morgan fingerprint density at radius 3 is 2.20 bits per heavy atom. The molecule has 0 saturated carbocycles. The summed E-state index contributed by atoms with van der Waals surface area (Å²) in [4.78, 5) is 66.8. The summed E-state index contributed by atoms with van der Waals surface area (Å²) in [6.07, 6.45) is 0. The summed E-state index contributed by atoms with van der Waals surface area (Å²) < 4.78 is 33.1. The highest BCUT2D eigenvalue weighted by Gasteiger charge is 2.65. The largest absolute Gasteiger partial charge is 0.459 e. The quantitative estimate of drug-likeness (QED) is 0.0478. The Labute approximate surface area is 286 Å². The average molecular weight is 708 g/mol. The van der Waals surface area contributed by atoms with Gasteiger partial charge < -0.3 is 14.5 Å². The molecular weight excluding hydrogens is 675 g/mol. The molecule has 14 nitrogen and oxygen atoms in total. The number of β-lactam (4-membered cyclic amide) rings is 1. The molecule has 0 aliphatic carbocycles.